The molecule has 4 heteroatoms. The van der Waals surface area contributed by atoms with Crippen LogP contribution in [-0.4, -0.2) is 7.05 Å². The van der Waals surface area contributed by atoms with Gasteiger partial charge in [-0.25, -0.2) is 4.39 Å². The SMILES string of the molecule is Cc1c(N)cc(F)cc1N(C)c1cccc(Cl)c1. The fraction of sp³-hybridized carbons (Fsp3) is 0.143. The Bertz CT molecular complexity index is 584. The van der Waals surface area contributed by atoms with Crippen LogP contribution >= 0.6 is 11.6 Å². The van der Waals surface area contributed by atoms with Gasteiger partial charge in [-0.1, -0.05) is 17.7 Å². The largest absolute Gasteiger partial charge is 0.398 e. The molecule has 0 spiro atoms. The molecule has 0 aromatic heterocycles. The van der Waals surface area contributed by atoms with Crippen molar-refractivity contribution in [2.24, 2.45) is 0 Å². The van der Waals surface area contributed by atoms with Crippen molar-refractivity contribution in [2.75, 3.05) is 17.7 Å². The summed E-state index contributed by atoms with van der Waals surface area (Å²) in [6.45, 7) is 1.87. The second kappa shape index (κ2) is 4.86. The lowest BCUT2D eigenvalue weighted by Crippen LogP contribution is -2.12. The Morgan fingerprint density at radius 3 is 2.61 bits per heavy atom. The van der Waals surface area contributed by atoms with Crippen LogP contribution in [0.1, 0.15) is 5.56 Å². The van der Waals surface area contributed by atoms with E-state index < -0.39 is 0 Å². The molecule has 2 rings (SSSR count). The normalized spacial score (nSPS) is 10.4. The summed E-state index contributed by atoms with van der Waals surface area (Å²) < 4.78 is 13.4. The molecular formula is C14H14ClFN2. The maximum absolute atomic E-state index is 13.4. The summed E-state index contributed by atoms with van der Waals surface area (Å²) in [6, 6.07) is 10.2. The molecule has 0 atom stereocenters. The van der Waals surface area contributed by atoms with Gasteiger partial charge in [-0.3, -0.25) is 0 Å². The number of rotatable bonds is 2. The van der Waals surface area contributed by atoms with Crippen LogP contribution < -0.4 is 10.6 Å². The molecule has 0 amide bonds. The zero-order chi connectivity index (χ0) is 13.3. The predicted octanol–water partition coefficient (Wildman–Crippen LogP) is 4.14. The number of hydrogen-bond acceptors (Lipinski definition) is 2. The summed E-state index contributed by atoms with van der Waals surface area (Å²) in [7, 11) is 1.85. The molecular weight excluding hydrogens is 251 g/mol. The zero-order valence-electron chi connectivity index (χ0n) is 10.2. The van der Waals surface area contributed by atoms with E-state index in [4.69, 9.17) is 17.3 Å². The number of nitrogens with zero attached hydrogens (tertiary/aromatic N) is 1. The highest BCUT2D eigenvalue weighted by molar-refractivity contribution is 6.30. The topological polar surface area (TPSA) is 29.3 Å². The maximum Gasteiger partial charge on any atom is 0.127 e. The molecule has 0 unspecified atom stereocenters. The van der Waals surface area contributed by atoms with Crippen molar-refractivity contribution in [3.63, 3.8) is 0 Å². The highest BCUT2D eigenvalue weighted by Gasteiger charge is 2.11. The molecule has 0 aliphatic heterocycles. The Morgan fingerprint density at radius 1 is 1.22 bits per heavy atom. The van der Waals surface area contributed by atoms with Gasteiger partial charge in [0, 0.05) is 29.1 Å². The minimum atomic E-state index is -0.345. The van der Waals surface area contributed by atoms with Gasteiger partial charge in [-0.2, -0.15) is 0 Å². The molecule has 2 aromatic carbocycles. The van der Waals surface area contributed by atoms with Crippen LogP contribution in [-0.2, 0) is 0 Å². The van der Waals surface area contributed by atoms with E-state index in [-0.39, 0.29) is 5.82 Å². The average Bonchev–Trinajstić information content (AvgIpc) is 2.33. The van der Waals surface area contributed by atoms with Gasteiger partial charge >= 0.3 is 0 Å². The summed E-state index contributed by atoms with van der Waals surface area (Å²) in [6.07, 6.45) is 0. The zero-order valence-corrected chi connectivity index (χ0v) is 11.0. The van der Waals surface area contributed by atoms with Crippen LogP contribution in [0.3, 0.4) is 0 Å². The summed E-state index contributed by atoms with van der Waals surface area (Å²) >= 11 is 5.95. The predicted molar refractivity (Wildman–Crippen MR) is 75.1 cm³/mol. The number of halogens is 2. The Morgan fingerprint density at radius 2 is 1.94 bits per heavy atom. The standard InChI is InChI=1S/C14H14ClFN2/c1-9-13(17)7-11(16)8-14(9)18(2)12-5-3-4-10(15)6-12/h3-8H,17H2,1-2H3. The summed E-state index contributed by atoms with van der Waals surface area (Å²) in [4.78, 5) is 1.86. The number of hydrogen-bond donors (Lipinski definition) is 1. The number of anilines is 3. The Hall–Kier alpha value is -1.74. The number of benzene rings is 2. The van der Waals surface area contributed by atoms with Crippen molar-refractivity contribution in [3.05, 3.63) is 52.8 Å². The minimum Gasteiger partial charge on any atom is -0.398 e. The van der Waals surface area contributed by atoms with Crippen LogP contribution in [0.2, 0.25) is 5.02 Å². The quantitative estimate of drug-likeness (QED) is 0.826. The van der Waals surface area contributed by atoms with Crippen molar-refractivity contribution >= 4 is 28.7 Å². The molecule has 0 aliphatic carbocycles. The van der Waals surface area contributed by atoms with Gasteiger partial charge in [0.1, 0.15) is 5.82 Å². The highest BCUT2D eigenvalue weighted by atomic mass is 35.5. The van der Waals surface area contributed by atoms with Gasteiger partial charge in [0.05, 0.1) is 0 Å². The second-order valence-corrected chi connectivity index (χ2v) is 4.61. The summed E-state index contributed by atoms with van der Waals surface area (Å²) in [5, 5.41) is 0.640. The maximum atomic E-state index is 13.4. The first-order valence-electron chi connectivity index (χ1n) is 5.54. The van der Waals surface area contributed by atoms with Crippen molar-refractivity contribution in [3.8, 4) is 0 Å². The molecule has 18 heavy (non-hydrogen) atoms. The van der Waals surface area contributed by atoms with Crippen molar-refractivity contribution in [1.29, 1.82) is 0 Å². The fourth-order valence-electron chi connectivity index (χ4n) is 1.86. The van der Waals surface area contributed by atoms with E-state index in [0.717, 1.165) is 16.9 Å². The van der Waals surface area contributed by atoms with E-state index in [1.54, 1.807) is 6.07 Å². The van der Waals surface area contributed by atoms with Crippen molar-refractivity contribution in [2.45, 2.75) is 6.92 Å². The molecule has 2 aromatic rings. The molecule has 2 nitrogen and oxygen atoms in total. The van der Waals surface area contributed by atoms with E-state index in [9.17, 15) is 4.39 Å². The second-order valence-electron chi connectivity index (χ2n) is 4.18. The molecule has 94 valence electrons. The third kappa shape index (κ3) is 2.41. The first-order chi connectivity index (χ1) is 8.49. The minimum absolute atomic E-state index is 0.345. The molecule has 0 fully saturated rings. The Balaban J connectivity index is 2.49. The Kier molecular flexibility index (Phi) is 3.43. The number of nitrogen functional groups attached to an aromatic ring is 1. The van der Waals surface area contributed by atoms with Crippen LogP contribution in [0.5, 0.6) is 0 Å². The van der Waals surface area contributed by atoms with Crippen LogP contribution in [0.4, 0.5) is 21.5 Å². The van der Waals surface area contributed by atoms with Crippen LogP contribution in [0.15, 0.2) is 36.4 Å². The lowest BCUT2D eigenvalue weighted by Gasteiger charge is -2.22. The van der Waals surface area contributed by atoms with Gasteiger partial charge in [-0.05, 0) is 42.8 Å². The van der Waals surface area contributed by atoms with Crippen LogP contribution in [0, 0.1) is 12.7 Å². The monoisotopic (exact) mass is 264 g/mol. The average molecular weight is 265 g/mol. The Labute approximate surface area is 111 Å². The third-order valence-electron chi connectivity index (χ3n) is 2.94. The number of nitrogens with two attached hydrogens (primary N) is 1. The van der Waals surface area contributed by atoms with Gasteiger partial charge < -0.3 is 10.6 Å². The smallest absolute Gasteiger partial charge is 0.127 e. The first kappa shape index (κ1) is 12.7. The first-order valence-corrected chi connectivity index (χ1v) is 5.92. The van der Waals surface area contributed by atoms with Gasteiger partial charge in [-0.15, -0.1) is 0 Å². The van der Waals surface area contributed by atoms with E-state index in [1.165, 1.54) is 12.1 Å². The van der Waals surface area contributed by atoms with Crippen molar-refractivity contribution in [1.82, 2.24) is 0 Å². The lowest BCUT2D eigenvalue weighted by molar-refractivity contribution is 0.628. The van der Waals surface area contributed by atoms with Gasteiger partial charge in [0.2, 0.25) is 0 Å². The highest BCUT2D eigenvalue weighted by Crippen LogP contribution is 2.31. The molecule has 0 heterocycles. The summed E-state index contributed by atoms with van der Waals surface area (Å²) in [5.74, 6) is -0.345. The summed E-state index contributed by atoms with van der Waals surface area (Å²) in [5.41, 5.74) is 8.68. The third-order valence-corrected chi connectivity index (χ3v) is 3.18. The molecule has 0 bridgehead atoms. The molecule has 2 N–H and O–H groups in total. The molecule has 0 radical (unpaired) electrons. The van der Waals surface area contributed by atoms with Crippen LogP contribution in [0.25, 0.3) is 0 Å². The molecule has 0 saturated carbocycles. The van der Waals surface area contributed by atoms with E-state index >= 15 is 0 Å². The van der Waals surface area contributed by atoms with E-state index in [2.05, 4.69) is 0 Å². The van der Waals surface area contributed by atoms with Gasteiger partial charge in [0.15, 0.2) is 0 Å². The van der Waals surface area contributed by atoms with Gasteiger partial charge in [0.25, 0.3) is 0 Å². The molecule has 0 saturated heterocycles. The molecule has 0 aliphatic rings. The lowest BCUT2D eigenvalue weighted by atomic mass is 10.1. The van der Waals surface area contributed by atoms with E-state index in [0.29, 0.717) is 10.7 Å². The fourth-order valence-corrected chi connectivity index (χ4v) is 2.04. The van der Waals surface area contributed by atoms with Crippen molar-refractivity contribution < 1.29 is 4.39 Å². The van der Waals surface area contributed by atoms with E-state index in [1.807, 2.05) is 37.1 Å².